The van der Waals surface area contributed by atoms with Crippen molar-refractivity contribution < 1.29 is 32.7 Å². The molecule has 0 unspecified atom stereocenters. The lowest BCUT2D eigenvalue weighted by Crippen LogP contribution is -2.11. The molecule has 0 saturated carbocycles. The highest BCUT2D eigenvalue weighted by Gasteiger charge is 2.38. The molecule has 0 spiro atoms. The lowest BCUT2D eigenvalue weighted by atomic mass is 10.00. The summed E-state index contributed by atoms with van der Waals surface area (Å²) < 4.78 is 43.2. The first-order chi connectivity index (χ1) is 11.1. The number of carbonyl (C=O) groups excluding carboxylic acids is 1. The zero-order chi connectivity index (χ0) is 18.1. The summed E-state index contributed by atoms with van der Waals surface area (Å²) in [5, 5.41) is 20.3. The van der Waals surface area contributed by atoms with Crippen molar-refractivity contribution in [3.8, 4) is 11.5 Å². The minimum atomic E-state index is -4.91. The van der Waals surface area contributed by atoms with Crippen molar-refractivity contribution >= 4 is 11.5 Å². The number of rotatable bonds is 4. The number of benzene rings is 2. The standard InChI is InChI=1S/C15H10F3NO5/c1-24-13-7-9(3-5-12(13)20)14(21)8-2-4-10(15(16,17)18)11(6-8)19(22)23/h2-7,20H,1H3. The van der Waals surface area contributed by atoms with Crippen LogP contribution in [0.1, 0.15) is 21.5 Å². The summed E-state index contributed by atoms with van der Waals surface area (Å²) in [4.78, 5) is 22.0. The van der Waals surface area contributed by atoms with Crippen molar-refractivity contribution in [1.82, 2.24) is 0 Å². The van der Waals surface area contributed by atoms with Gasteiger partial charge in [0.2, 0.25) is 0 Å². The van der Waals surface area contributed by atoms with Gasteiger partial charge in [-0.2, -0.15) is 13.2 Å². The van der Waals surface area contributed by atoms with Crippen LogP contribution in [-0.2, 0) is 6.18 Å². The number of alkyl halides is 3. The number of halogens is 3. The van der Waals surface area contributed by atoms with Crippen molar-refractivity contribution in [3.05, 3.63) is 63.2 Å². The minimum absolute atomic E-state index is 0.00120. The second kappa shape index (κ2) is 6.19. The van der Waals surface area contributed by atoms with E-state index in [-0.39, 0.29) is 22.6 Å². The van der Waals surface area contributed by atoms with Crippen LogP contribution < -0.4 is 4.74 Å². The summed E-state index contributed by atoms with van der Waals surface area (Å²) in [6.07, 6.45) is -4.91. The molecule has 0 atom stereocenters. The molecule has 0 heterocycles. The van der Waals surface area contributed by atoms with E-state index in [0.29, 0.717) is 12.1 Å². The van der Waals surface area contributed by atoms with E-state index in [4.69, 9.17) is 4.74 Å². The lowest BCUT2D eigenvalue weighted by molar-refractivity contribution is -0.388. The molecular formula is C15H10F3NO5. The Bertz CT molecular complexity index is 817. The lowest BCUT2D eigenvalue weighted by Gasteiger charge is -2.09. The second-order valence-corrected chi connectivity index (χ2v) is 4.70. The van der Waals surface area contributed by atoms with Crippen LogP contribution >= 0.6 is 0 Å². The molecule has 0 aliphatic heterocycles. The van der Waals surface area contributed by atoms with Crippen LogP contribution in [0.5, 0.6) is 11.5 Å². The van der Waals surface area contributed by atoms with Crippen molar-refractivity contribution in [1.29, 1.82) is 0 Å². The average Bonchev–Trinajstić information content (AvgIpc) is 2.53. The third-order valence-corrected chi connectivity index (χ3v) is 3.20. The molecule has 0 fully saturated rings. The Labute approximate surface area is 133 Å². The largest absolute Gasteiger partial charge is 0.504 e. The van der Waals surface area contributed by atoms with E-state index in [0.717, 1.165) is 6.07 Å². The van der Waals surface area contributed by atoms with Crippen LogP contribution in [0.25, 0.3) is 0 Å². The molecule has 2 aromatic rings. The Morgan fingerprint density at radius 3 is 2.29 bits per heavy atom. The van der Waals surface area contributed by atoms with Gasteiger partial charge in [-0.15, -0.1) is 0 Å². The first kappa shape index (κ1) is 17.3. The van der Waals surface area contributed by atoms with Crippen molar-refractivity contribution in [2.24, 2.45) is 0 Å². The van der Waals surface area contributed by atoms with E-state index in [9.17, 15) is 33.2 Å². The number of nitrogens with zero attached hydrogens (tertiary/aromatic N) is 1. The monoisotopic (exact) mass is 341 g/mol. The van der Waals surface area contributed by atoms with Gasteiger partial charge < -0.3 is 9.84 Å². The molecule has 6 nitrogen and oxygen atoms in total. The average molecular weight is 341 g/mol. The van der Waals surface area contributed by atoms with Crippen LogP contribution in [0.3, 0.4) is 0 Å². The van der Waals surface area contributed by atoms with Crippen molar-refractivity contribution in [2.45, 2.75) is 6.18 Å². The number of aromatic hydroxyl groups is 1. The van der Waals surface area contributed by atoms with Crippen LogP contribution in [0.4, 0.5) is 18.9 Å². The smallest absolute Gasteiger partial charge is 0.422 e. The molecule has 0 aliphatic rings. The third-order valence-electron chi connectivity index (χ3n) is 3.20. The van der Waals surface area contributed by atoms with E-state index >= 15 is 0 Å². The fourth-order valence-electron chi connectivity index (χ4n) is 2.05. The number of ketones is 1. The van der Waals surface area contributed by atoms with E-state index in [2.05, 4.69) is 0 Å². The molecule has 0 aromatic heterocycles. The molecule has 24 heavy (non-hydrogen) atoms. The fourth-order valence-corrected chi connectivity index (χ4v) is 2.05. The maximum atomic E-state index is 12.8. The second-order valence-electron chi connectivity index (χ2n) is 4.70. The van der Waals surface area contributed by atoms with E-state index in [1.807, 2.05) is 0 Å². The molecule has 9 heteroatoms. The Morgan fingerprint density at radius 1 is 1.17 bits per heavy atom. The topological polar surface area (TPSA) is 89.7 Å². The van der Waals surface area contributed by atoms with Crippen LogP contribution in [-0.4, -0.2) is 22.9 Å². The third kappa shape index (κ3) is 3.29. The van der Waals surface area contributed by atoms with Gasteiger partial charge in [-0.3, -0.25) is 14.9 Å². The Kier molecular flexibility index (Phi) is 4.45. The summed E-state index contributed by atoms with van der Waals surface area (Å²) >= 11 is 0. The van der Waals surface area contributed by atoms with Gasteiger partial charge in [0, 0.05) is 17.2 Å². The van der Waals surface area contributed by atoms with Gasteiger partial charge in [0.15, 0.2) is 17.3 Å². The van der Waals surface area contributed by atoms with Crippen LogP contribution in [0.2, 0.25) is 0 Å². The summed E-state index contributed by atoms with van der Waals surface area (Å²) in [6.45, 7) is 0. The number of ether oxygens (including phenoxy) is 1. The van der Waals surface area contributed by atoms with Gasteiger partial charge in [0.05, 0.1) is 12.0 Å². The van der Waals surface area contributed by atoms with Gasteiger partial charge in [0.1, 0.15) is 5.56 Å². The van der Waals surface area contributed by atoms with E-state index in [1.165, 1.54) is 25.3 Å². The number of hydrogen-bond acceptors (Lipinski definition) is 5. The molecule has 2 aromatic carbocycles. The molecule has 0 radical (unpaired) electrons. The first-order valence-electron chi connectivity index (χ1n) is 6.42. The Hall–Kier alpha value is -3.10. The molecule has 0 amide bonds. The van der Waals surface area contributed by atoms with Crippen LogP contribution in [0.15, 0.2) is 36.4 Å². The number of phenolic OH excluding ortho intramolecular Hbond substituents is 1. The fraction of sp³-hybridized carbons (Fsp3) is 0.133. The predicted octanol–water partition coefficient (Wildman–Crippen LogP) is 3.56. The molecule has 1 N–H and O–H groups in total. The number of methoxy groups -OCH3 is 1. The molecule has 126 valence electrons. The number of hydrogen-bond donors (Lipinski definition) is 1. The molecule has 0 bridgehead atoms. The molecule has 2 rings (SSSR count). The Balaban J connectivity index is 2.51. The van der Waals surface area contributed by atoms with Gasteiger partial charge in [-0.05, 0) is 30.3 Å². The summed E-state index contributed by atoms with van der Waals surface area (Å²) in [6, 6.07) is 5.50. The highest BCUT2D eigenvalue weighted by Crippen LogP contribution is 2.37. The van der Waals surface area contributed by atoms with E-state index < -0.39 is 28.1 Å². The number of nitro benzene ring substituents is 1. The van der Waals surface area contributed by atoms with Crippen molar-refractivity contribution in [2.75, 3.05) is 7.11 Å². The molecular weight excluding hydrogens is 331 g/mol. The summed E-state index contributed by atoms with van der Waals surface area (Å²) in [5.74, 6) is -0.986. The Morgan fingerprint density at radius 2 is 1.75 bits per heavy atom. The highest BCUT2D eigenvalue weighted by molar-refractivity contribution is 6.09. The maximum absolute atomic E-state index is 12.8. The van der Waals surface area contributed by atoms with Crippen molar-refractivity contribution in [3.63, 3.8) is 0 Å². The van der Waals surface area contributed by atoms with Gasteiger partial charge in [-0.25, -0.2) is 0 Å². The normalized spacial score (nSPS) is 11.2. The zero-order valence-corrected chi connectivity index (χ0v) is 12.1. The summed E-state index contributed by atoms with van der Waals surface area (Å²) in [7, 11) is 1.26. The SMILES string of the molecule is COc1cc(C(=O)c2ccc(C(F)(F)F)c([N+](=O)[O-])c2)ccc1O. The number of carbonyl (C=O) groups is 1. The maximum Gasteiger partial charge on any atom is 0.422 e. The molecule has 0 saturated heterocycles. The van der Waals surface area contributed by atoms with Gasteiger partial charge in [-0.1, -0.05) is 0 Å². The van der Waals surface area contributed by atoms with Gasteiger partial charge >= 0.3 is 6.18 Å². The van der Waals surface area contributed by atoms with Crippen LogP contribution in [0, 0.1) is 10.1 Å². The first-order valence-corrected chi connectivity index (χ1v) is 6.42. The number of nitro groups is 1. The molecule has 0 aliphatic carbocycles. The van der Waals surface area contributed by atoms with E-state index in [1.54, 1.807) is 0 Å². The highest BCUT2D eigenvalue weighted by atomic mass is 19.4. The number of phenols is 1. The quantitative estimate of drug-likeness (QED) is 0.522. The zero-order valence-electron chi connectivity index (χ0n) is 12.1. The minimum Gasteiger partial charge on any atom is -0.504 e. The summed E-state index contributed by atoms with van der Waals surface area (Å²) in [5.41, 5.74) is -2.94. The predicted molar refractivity (Wildman–Crippen MR) is 76.2 cm³/mol. The van der Waals surface area contributed by atoms with Gasteiger partial charge in [0.25, 0.3) is 5.69 Å².